The predicted octanol–water partition coefficient (Wildman–Crippen LogP) is 2.82. The molecule has 0 aromatic carbocycles. The minimum absolute atomic E-state index is 0.462. The largest absolute Gasteiger partial charge is 0.316 e. The molecule has 20 heavy (non-hydrogen) atoms. The van der Waals surface area contributed by atoms with Crippen molar-refractivity contribution < 1.29 is 0 Å². The number of likely N-dealkylation sites (N-methyl/N-ethyl adjacent to an activating group) is 1. The Balaban J connectivity index is 2.58. The molecule has 1 aliphatic rings. The quantitative estimate of drug-likeness (QED) is 0.622. The summed E-state index contributed by atoms with van der Waals surface area (Å²) in [5, 5.41) is 3.67. The Morgan fingerprint density at radius 1 is 1.20 bits per heavy atom. The van der Waals surface area contributed by atoms with Crippen molar-refractivity contribution in [3.8, 4) is 0 Å². The fraction of sp³-hybridized carbons (Fsp3) is 1.00. The van der Waals surface area contributed by atoms with Gasteiger partial charge in [0, 0.05) is 25.7 Å². The van der Waals surface area contributed by atoms with E-state index in [0.717, 1.165) is 12.6 Å². The molecule has 120 valence electrons. The van der Waals surface area contributed by atoms with E-state index in [9.17, 15) is 0 Å². The molecule has 1 atom stereocenters. The van der Waals surface area contributed by atoms with Crippen molar-refractivity contribution >= 4 is 0 Å². The molecule has 3 nitrogen and oxygen atoms in total. The van der Waals surface area contributed by atoms with Crippen molar-refractivity contribution in [1.29, 1.82) is 0 Å². The lowest BCUT2D eigenvalue weighted by atomic mass is 9.81. The Labute approximate surface area is 127 Å². The topological polar surface area (TPSA) is 18.5 Å². The number of rotatable bonds is 10. The molecule has 0 radical (unpaired) electrons. The summed E-state index contributed by atoms with van der Waals surface area (Å²) in [5.41, 5.74) is 0.462. The number of nitrogens with zero attached hydrogens (tertiary/aromatic N) is 2. The van der Waals surface area contributed by atoms with Crippen LogP contribution < -0.4 is 5.32 Å². The third-order valence-electron chi connectivity index (χ3n) is 5.04. The van der Waals surface area contributed by atoms with Crippen LogP contribution in [0.2, 0.25) is 0 Å². The van der Waals surface area contributed by atoms with Crippen LogP contribution in [0.1, 0.15) is 52.9 Å². The molecule has 0 bridgehead atoms. The van der Waals surface area contributed by atoms with E-state index in [1.807, 2.05) is 0 Å². The number of nitrogens with one attached hydrogen (secondary N) is 1. The second kappa shape index (κ2) is 9.01. The molecule has 0 aromatic rings. The van der Waals surface area contributed by atoms with Gasteiger partial charge in [0.2, 0.25) is 0 Å². The van der Waals surface area contributed by atoms with E-state index in [1.165, 1.54) is 58.3 Å². The smallest absolute Gasteiger partial charge is 0.0223 e. The average molecular weight is 284 g/mol. The average Bonchev–Trinajstić information content (AvgIpc) is 2.84. The zero-order chi connectivity index (χ0) is 15.0. The van der Waals surface area contributed by atoms with Crippen LogP contribution in [0.15, 0.2) is 0 Å². The Bertz CT molecular complexity index is 249. The van der Waals surface area contributed by atoms with Crippen molar-refractivity contribution in [3.05, 3.63) is 0 Å². The van der Waals surface area contributed by atoms with Gasteiger partial charge in [0.15, 0.2) is 0 Å². The summed E-state index contributed by atoms with van der Waals surface area (Å²) in [4.78, 5) is 5.11. The van der Waals surface area contributed by atoms with Gasteiger partial charge in [-0.25, -0.2) is 0 Å². The monoisotopic (exact) mass is 283 g/mol. The summed E-state index contributed by atoms with van der Waals surface area (Å²) < 4.78 is 0. The van der Waals surface area contributed by atoms with Crippen molar-refractivity contribution in [2.75, 3.05) is 46.8 Å². The van der Waals surface area contributed by atoms with Crippen LogP contribution in [0, 0.1) is 5.41 Å². The first-order chi connectivity index (χ1) is 9.56. The van der Waals surface area contributed by atoms with E-state index in [-0.39, 0.29) is 0 Å². The highest BCUT2D eigenvalue weighted by molar-refractivity contribution is 4.89. The zero-order valence-corrected chi connectivity index (χ0v) is 14.5. The highest BCUT2D eigenvalue weighted by Gasteiger charge is 2.33. The highest BCUT2D eigenvalue weighted by atomic mass is 15.2. The Morgan fingerprint density at radius 3 is 2.45 bits per heavy atom. The standard InChI is InChI=1S/C17H37N3/c1-6-11-18-14-17(7-2,8-3)15-20-12-9-10-16(20)13-19(4)5/h16,18H,6-15H2,1-5H3. The van der Waals surface area contributed by atoms with Gasteiger partial charge >= 0.3 is 0 Å². The maximum absolute atomic E-state index is 3.67. The summed E-state index contributed by atoms with van der Waals surface area (Å²) in [6, 6.07) is 0.772. The molecule has 3 heteroatoms. The Hall–Kier alpha value is -0.120. The number of hydrogen-bond donors (Lipinski definition) is 1. The molecule has 0 saturated carbocycles. The first-order valence-electron chi connectivity index (χ1n) is 8.66. The van der Waals surface area contributed by atoms with Gasteiger partial charge in [0.05, 0.1) is 0 Å². The number of hydrogen-bond acceptors (Lipinski definition) is 3. The van der Waals surface area contributed by atoms with Crippen LogP contribution in [0.3, 0.4) is 0 Å². The van der Waals surface area contributed by atoms with Crippen LogP contribution in [0.4, 0.5) is 0 Å². The van der Waals surface area contributed by atoms with Gasteiger partial charge in [0.1, 0.15) is 0 Å². The normalized spacial score (nSPS) is 21.0. The molecular formula is C17H37N3. The van der Waals surface area contributed by atoms with Gasteiger partial charge in [-0.15, -0.1) is 0 Å². The molecule has 0 aliphatic carbocycles. The molecule has 0 aromatic heterocycles. The van der Waals surface area contributed by atoms with Gasteiger partial charge in [0.25, 0.3) is 0 Å². The van der Waals surface area contributed by atoms with Crippen molar-refractivity contribution in [1.82, 2.24) is 15.1 Å². The van der Waals surface area contributed by atoms with Crippen LogP contribution in [0.25, 0.3) is 0 Å². The number of likely N-dealkylation sites (tertiary alicyclic amines) is 1. The summed E-state index contributed by atoms with van der Waals surface area (Å²) in [5.74, 6) is 0. The second-order valence-corrected chi connectivity index (χ2v) is 6.91. The highest BCUT2D eigenvalue weighted by Crippen LogP contribution is 2.30. The lowest BCUT2D eigenvalue weighted by Gasteiger charge is -2.39. The van der Waals surface area contributed by atoms with E-state index >= 15 is 0 Å². The molecule has 1 aliphatic heterocycles. The minimum atomic E-state index is 0.462. The maximum Gasteiger partial charge on any atom is 0.0223 e. The first kappa shape index (κ1) is 17.9. The summed E-state index contributed by atoms with van der Waals surface area (Å²) in [7, 11) is 4.40. The van der Waals surface area contributed by atoms with Gasteiger partial charge in [-0.3, -0.25) is 4.90 Å². The van der Waals surface area contributed by atoms with Gasteiger partial charge in [-0.1, -0.05) is 20.8 Å². The zero-order valence-electron chi connectivity index (χ0n) is 14.5. The summed E-state index contributed by atoms with van der Waals surface area (Å²) in [6.07, 6.45) is 6.56. The van der Waals surface area contributed by atoms with Crippen LogP contribution in [-0.4, -0.2) is 62.7 Å². The van der Waals surface area contributed by atoms with Crippen molar-refractivity contribution in [2.45, 2.75) is 58.9 Å². The van der Waals surface area contributed by atoms with Gasteiger partial charge in [-0.05, 0) is 64.7 Å². The molecule has 1 saturated heterocycles. The van der Waals surface area contributed by atoms with E-state index < -0.39 is 0 Å². The van der Waals surface area contributed by atoms with Crippen molar-refractivity contribution in [2.24, 2.45) is 5.41 Å². The minimum Gasteiger partial charge on any atom is -0.316 e. The first-order valence-corrected chi connectivity index (χ1v) is 8.66. The summed E-state index contributed by atoms with van der Waals surface area (Å²) >= 11 is 0. The molecule has 1 heterocycles. The van der Waals surface area contributed by atoms with Crippen LogP contribution in [-0.2, 0) is 0 Å². The Morgan fingerprint density at radius 2 is 1.90 bits per heavy atom. The molecule has 1 N–H and O–H groups in total. The second-order valence-electron chi connectivity index (χ2n) is 6.91. The molecular weight excluding hydrogens is 246 g/mol. The van der Waals surface area contributed by atoms with E-state index in [2.05, 4.69) is 50.0 Å². The fourth-order valence-electron chi connectivity index (χ4n) is 3.47. The van der Waals surface area contributed by atoms with E-state index in [0.29, 0.717) is 5.41 Å². The lowest BCUT2D eigenvalue weighted by Crippen LogP contribution is -2.47. The van der Waals surface area contributed by atoms with E-state index in [1.54, 1.807) is 0 Å². The molecule has 1 unspecified atom stereocenters. The van der Waals surface area contributed by atoms with Crippen LogP contribution >= 0.6 is 0 Å². The van der Waals surface area contributed by atoms with E-state index in [4.69, 9.17) is 0 Å². The van der Waals surface area contributed by atoms with Gasteiger partial charge < -0.3 is 10.2 Å². The third-order valence-corrected chi connectivity index (χ3v) is 5.04. The molecule has 0 amide bonds. The van der Waals surface area contributed by atoms with Gasteiger partial charge in [-0.2, -0.15) is 0 Å². The SMILES string of the molecule is CCCNCC(CC)(CC)CN1CCCC1CN(C)C. The maximum atomic E-state index is 3.67. The Kier molecular flexibility index (Phi) is 8.08. The van der Waals surface area contributed by atoms with Crippen molar-refractivity contribution in [3.63, 3.8) is 0 Å². The molecule has 0 spiro atoms. The molecule has 1 rings (SSSR count). The predicted molar refractivity (Wildman–Crippen MR) is 89.3 cm³/mol. The van der Waals surface area contributed by atoms with Crippen LogP contribution in [0.5, 0.6) is 0 Å². The summed E-state index contributed by atoms with van der Waals surface area (Å²) in [6.45, 7) is 13.1. The third kappa shape index (κ3) is 5.34. The lowest BCUT2D eigenvalue weighted by molar-refractivity contribution is 0.112. The fourth-order valence-corrected chi connectivity index (χ4v) is 3.47. The molecule has 1 fully saturated rings.